The molecule has 2 amide bonds. The summed E-state index contributed by atoms with van der Waals surface area (Å²) < 4.78 is -0.832. The Hall–Kier alpha value is -3.32. The van der Waals surface area contributed by atoms with Gasteiger partial charge in [0.25, 0.3) is 5.69 Å². The number of halogens is 1. The highest BCUT2D eigenvalue weighted by molar-refractivity contribution is 9.09. The Labute approximate surface area is 185 Å². The van der Waals surface area contributed by atoms with Gasteiger partial charge in [-0.2, -0.15) is 0 Å². The van der Waals surface area contributed by atoms with Gasteiger partial charge in [-0.1, -0.05) is 70.5 Å². The van der Waals surface area contributed by atoms with E-state index in [2.05, 4.69) is 15.9 Å². The minimum absolute atomic E-state index is 0.156. The van der Waals surface area contributed by atoms with E-state index in [9.17, 15) is 19.7 Å². The van der Waals surface area contributed by atoms with Crippen LogP contribution < -0.4 is 4.90 Å². The van der Waals surface area contributed by atoms with Crippen molar-refractivity contribution in [1.29, 1.82) is 0 Å². The number of amides is 2. The van der Waals surface area contributed by atoms with Crippen molar-refractivity contribution in [2.75, 3.05) is 4.90 Å². The van der Waals surface area contributed by atoms with Crippen molar-refractivity contribution < 1.29 is 14.5 Å². The van der Waals surface area contributed by atoms with Crippen LogP contribution in [0.2, 0.25) is 0 Å². The first kappa shape index (κ1) is 18.4. The van der Waals surface area contributed by atoms with Gasteiger partial charge in [-0.25, -0.2) is 4.90 Å². The van der Waals surface area contributed by atoms with E-state index in [0.29, 0.717) is 0 Å². The number of anilines is 1. The summed E-state index contributed by atoms with van der Waals surface area (Å²) >= 11 is 3.94. The molecule has 1 aliphatic heterocycles. The number of imide groups is 1. The smallest absolute Gasteiger partial charge is 0.271 e. The molecule has 0 unspecified atom stereocenters. The number of non-ortho nitro benzene ring substituents is 1. The fraction of sp³-hybridized carbons (Fsp3) is 0.167. The minimum atomic E-state index is -0.832. The van der Waals surface area contributed by atoms with E-state index in [1.807, 2.05) is 48.5 Å². The maximum atomic E-state index is 13.8. The summed E-state index contributed by atoms with van der Waals surface area (Å²) in [5.41, 5.74) is 4.17. The molecule has 2 bridgehead atoms. The molecule has 1 heterocycles. The van der Waals surface area contributed by atoms with Crippen LogP contribution in [0.1, 0.15) is 28.2 Å². The van der Waals surface area contributed by atoms with Gasteiger partial charge in [0, 0.05) is 18.1 Å². The highest BCUT2D eigenvalue weighted by Crippen LogP contribution is 2.66. The fourth-order valence-corrected chi connectivity index (χ4v) is 6.88. The second kappa shape index (κ2) is 6.11. The standard InChI is InChI=1S/C24H15BrN2O4/c25-24-17-10-3-1-8-15(17)19(16-9-2-4-11-18(16)24)20-21(24)23(29)26(22(20)28)13-6-5-7-14(12-13)27(30)31/h1-12,19-21H/t19?,20-,21-,24?/m1/s1. The molecule has 0 saturated carbocycles. The SMILES string of the molecule is O=C1[C@@H]2C3c4ccccc4C(Br)(c4ccccc43)[C@H]2C(=O)N1c1cccc([N+](=O)[O-])c1. The average molecular weight is 475 g/mol. The van der Waals surface area contributed by atoms with Crippen molar-refractivity contribution in [2.24, 2.45) is 11.8 Å². The Kier molecular flexibility index (Phi) is 3.63. The number of nitrogens with zero attached hydrogens (tertiary/aromatic N) is 2. The average Bonchev–Trinajstić information content (AvgIpc) is 3.06. The first-order chi connectivity index (χ1) is 14.9. The van der Waals surface area contributed by atoms with Crippen LogP contribution in [0.25, 0.3) is 0 Å². The molecule has 3 aliphatic carbocycles. The molecule has 7 rings (SSSR count). The van der Waals surface area contributed by atoms with Crippen LogP contribution in [0.3, 0.4) is 0 Å². The molecule has 6 nitrogen and oxygen atoms in total. The maximum absolute atomic E-state index is 13.8. The van der Waals surface area contributed by atoms with Gasteiger partial charge in [-0.3, -0.25) is 19.7 Å². The van der Waals surface area contributed by atoms with Crippen molar-refractivity contribution in [3.8, 4) is 0 Å². The molecule has 1 fully saturated rings. The lowest BCUT2D eigenvalue weighted by molar-refractivity contribution is -0.384. The van der Waals surface area contributed by atoms with Crippen LogP contribution >= 0.6 is 15.9 Å². The van der Waals surface area contributed by atoms with Crippen molar-refractivity contribution >= 4 is 39.1 Å². The molecular formula is C24H15BrN2O4. The molecule has 0 spiro atoms. The highest BCUT2D eigenvalue weighted by atomic mass is 79.9. The van der Waals surface area contributed by atoms with Crippen LogP contribution in [-0.4, -0.2) is 16.7 Å². The summed E-state index contributed by atoms with van der Waals surface area (Å²) in [6.45, 7) is 0. The van der Waals surface area contributed by atoms with E-state index in [-0.39, 0.29) is 29.1 Å². The molecule has 0 radical (unpaired) electrons. The van der Waals surface area contributed by atoms with E-state index in [1.54, 1.807) is 6.07 Å². The molecule has 3 aromatic carbocycles. The summed E-state index contributed by atoms with van der Waals surface area (Å²) in [7, 11) is 0. The van der Waals surface area contributed by atoms with Gasteiger partial charge in [0.2, 0.25) is 11.8 Å². The summed E-state index contributed by atoms with van der Waals surface area (Å²) in [6.07, 6.45) is 0. The van der Waals surface area contributed by atoms with E-state index >= 15 is 0 Å². The van der Waals surface area contributed by atoms with Crippen LogP contribution in [0.15, 0.2) is 72.8 Å². The lowest BCUT2D eigenvalue weighted by atomic mass is 9.55. The number of hydrogen-bond donors (Lipinski definition) is 0. The van der Waals surface area contributed by atoms with Gasteiger partial charge in [-0.05, 0) is 28.3 Å². The Balaban J connectivity index is 1.58. The molecule has 3 aromatic rings. The zero-order chi connectivity index (χ0) is 21.5. The predicted octanol–water partition coefficient (Wildman–Crippen LogP) is 4.50. The summed E-state index contributed by atoms with van der Waals surface area (Å²) in [5.74, 6) is -2.09. The zero-order valence-electron chi connectivity index (χ0n) is 16.1. The molecule has 1 saturated heterocycles. The Bertz CT molecular complexity index is 1270. The van der Waals surface area contributed by atoms with Gasteiger partial charge >= 0.3 is 0 Å². The first-order valence-electron chi connectivity index (χ1n) is 9.94. The first-order valence-corrected chi connectivity index (χ1v) is 10.7. The molecule has 31 heavy (non-hydrogen) atoms. The third kappa shape index (κ3) is 2.16. The fourth-order valence-electron chi connectivity index (χ4n) is 5.68. The van der Waals surface area contributed by atoms with Crippen molar-refractivity contribution in [3.05, 3.63) is 105 Å². The summed E-state index contributed by atoms with van der Waals surface area (Å²) in [6, 6.07) is 21.6. The normalized spacial score (nSPS) is 27.6. The van der Waals surface area contributed by atoms with Gasteiger partial charge in [0.1, 0.15) is 0 Å². The number of carbonyl (C=O) groups is 2. The predicted molar refractivity (Wildman–Crippen MR) is 117 cm³/mol. The number of carbonyl (C=O) groups excluding carboxylic acids is 2. The molecule has 4 aliphatic rings. The van der Waals surface area contributed by atoms with E-state index < -0.39 is 21.1 Å². The van der Waals surface area contributed by atoms with Crippen molar-refractivity contribution in [2.45, 2.75) is 10.2 Å². The van der Waals surface area contributed by atoms with Crippen LogP contribution in [0.5, 0.6) is 0 Å². The van der Waals surface area contributed by atoms with Crippen molar-refractivity contribution in [3.63, 3.8) is 0 Å². The molecule has 0 aromatic heterocycles. The summed E-state index contributed by atoms with van der Waals surface area (Å²) in [5, 5.41) is 11.3. The minimum Gasteiger partial charge on any atom is -0.274 e. The lowest BCUT2D eigenvalue weighted by Crippen LogP contribution is -2.50. The molecule has 152 valence electrons. The van der Waals surface area contributed by atoms with E-state index in [4.69, 9.17) is 0 Å². The Morgan fingerprint density at radius 1 is 0.871 bits per heavy atom. The van der Waals surface area contributed by atoms with Gasteiger partial charge in [0.05, 0.1) is 26.8 Å². The number of hydrogen-bond acceptors (Lipinski definition) is 4. The largest absolute Gasteiger partial charge is 0.274 e. The van der Waals surface area contributed by atoms with Gasteiger partial charge in [0.15, 0.2) is 0 Å². The Morgan fingerprint density at radius 3 is 2.10 bits per heavy atom. The van der Waals surface area contributed by atoms with Crippen LogP contribution in [0, 0.1) is 22.0 Å². The lowest BCUT2D eigenvalue weighted by Gasteiger charge is -2.51. The van der Waals surface area contributed by atoms with E-state index in [1.165, 1.54) is 18.2 Å². The molecular weight excluding hydrogens is 460 g/mol. The number of nitro benzene ring substituents is 1. The monoisotopic (exact) mass is 474 g/mol. The third-order valence-corrected chi connectivity index (χ3v) is 8.16. The zero-order valence-corrected chi connectivity index (χ0v) is 17.7. The molecule has 7 heteroatoms. The second-order valence-electron chi connectivity index (χ2n) is 8.16. The highest BCUT2D eigenvalue weighted by Gasteiger charge is 2.67. The Morgan fingerprint density at radius 2 is 1.48 bits per heavy atom. The molecule has 2 atom stereocenters. The van der Waals surface area contributed by atoms with Crippen LogP contribution in [-0.2, 0) is 13.9 Å². The number of rotatable bonds is 2. The second-order valence-corrected chi connectivity index (χ2v) is 9.41. The maximum Gasteiger partial charge on any atom is 0.271 e. The molecule has 0 N–H and O–H groups in total. The number of alkyl halides is 1. The van der Waals surface area contributed by atoms with Crippen LogP contribution in [0.4, 0.5) is 11.4 Å². The van der Waals surface area contributed by atoms with E-state index in [0.717, 1.165) is 27.2 Å². The third-order valence-electron chi connectivity index (χ3n) is 6.81. The summed E-state index contributed by atoms with van der Waals surface area (Å²) in [4.78, 5) is 39.3. The quantitative estimate of drug-likeness (QED) is 0.237. The van der Waals surface area contributed by atoms with Gasteiger partial charge in [-0.15, -0.1) is 0 Å². The van der Waals surface area contributed by atoms with Crippen molar-refractivity contribution in [1.82, 2.24) is 0 Å². The topological polar surface area (TPSA) is 80.5 Å². The van der Waals surface area contributed by atoms with Gasteiger partial charge < -0.3 is 0 Å². The number of nitro groups is 1. The number of benzene rings is 3.